The van der Waals surface area contributed by atoms with Gasteiger partial charge in [0.25, 0.3) is 5.91 Å². The molecular formula is C15H17NO4S. The lowest BCUT2D eigenvalue weighted by molar-refractivity contribution is -0.131. The average Bonchev–Trinajstić information content (AvgIpc) is 2.46. The summed E-state index contributed by atoms with van der Waals surface area (Å²) in [6, 6.07) is 5.24. The van der Waals surface area contributed by atoms with E-state index in [1.165, 1.54) is 6.08 Å². The van der Waals surface area contributed by atoms with Gasteiger partial charge < -0.3 is 10.0 Å². The number of benzene rings is 1. The molecular weight excluding hydrogens is 290 g/mol. The van der Waals surface area contributed by atoms with E-state index in [-0.39, 0.29) is 5.91 Å². The third-order valence-corrected chi connectivity index (χ3v) is 4.67. The van der Waals surface area contributed by atoms with Crippen LogP contribution in [-0.2, 0) is 15.6 Å². The number of aryl methyl sites for hydroxylation is 1. The Bertz CT molecular complexity index is 614. The zero-order chi connectivity index (χ0) is 15.4. The molecule has 0 aliphatic carbocycles. The fraction of sp³-hybridized carbons (Fsp3) is 0.333. The third-order valence-electron chi connectivity index (χ3n) is 3.40. The molecule has 0 aromatic heterocycles. The molecule has 21 heavy (non-hydrogen) atoms. The molecule has 6 heteroatoms. The van der Waals surface area contributed by atoms with Gasteiger partial charge in [0.2, 0.25) is 0 Å². The van der Waals surface area contributed by atoms with Crippen LogP contribution in [0.4, 0.5) is 0 Å². The van der Waals surface area contributed by atoms with Gasteiger partial charge >= 0.3 is 5.97 Å². The highest BCUT2D eigenvalue weighted by atomic mass is 32.2. The Kier molecular flexibility index (Phi) is 4.90. The Balaban J connectivity index is 2.20. The second-order valence-electron chi connectivity index (χ2n) is 4.88. The fourth-order valence-electron chi connectivity index (χ4n) is 2.14. The highest BCUT2D eigenvalue weighted by Gasteiger charge is 2.21. The monoisotopic (exact) mass is 307 g/mol. The Morgan fingerprint density at radius 1 is 1.29 bits per heavy atom. The molecule has 1 aromatic carbocycles. The largest absolute Gasteiger partial charge is 0.478 e. The van der Waals surface area contributed by atoms with E-state index in [0.29, 0.717) is 35.7 Å². The minimum atomic E-state index is -1.02. The van der Waals surface area contributed by atoms with Gasteiger partial charge in [-0.3, -0.25) is 9.00 Å². The summed E-state index contributed by atoms with van der Waals surface area (Å²) < 4.78 is 11.3. The number of amides is 1. The summed E-state index contributed by atoms with van der Waals surface area (Å²) in [6.45, 7) is 2.86. The molecule has 1 fully saturated rings. The van der Waals surface area contributed by atoms with Crippen molar-refractivity contribution in [3.63, 3.8) is 0 Å². The molecule has 1 N–H and O–H groups in total. The SMILES string of the molecule is Cc1ccc(C(=O)N2CCS(=O)CC2)cc1/C=C/C(=O)O. The number of carboxylic acid groups (broad SMARTS) is 1. The summed E-state index contributed by atoms with van der Waals surface area (Å²) in [5.41, 5.74) is 2.14. The van der Waals surface area contributed by atoms with E-state index in [0.717, 1.165) is 11.6 Å². The average molecular weight is 307 g/mol. The smallest absolute Gasteiger partial charge is 0.328 e. The van der Waals surface area contributed by atoms with Crippen LogP contribution in [0.3, 0.4) is 0 Å². The van der Waals surface area contributed by atoms with Crippen LogP contribution in [0.1, 0.15) is 21.5 Å². The first-order chi connectivity index (χ1) is 9.97. The zero-order valence-electron chi connectivity index (χ0n) is 11.7. The molecule has 5 nitrogen and oxygen atoms in total. The number of rotatable bonds is 3. The predicted molar refractivity (Wildman–Crippen MR) is 81.6 cm³/mol. The summed E-state index contributed by atoms with van der Waals surface area (Å²) in [4.78, 5) is 24.7. The van der Waals surface area contributed by atoms with Crippen molar-refractivity contribution in [3.05, 3.63) is 41.0 Å². The summed E-state index contributed by atoms with van der Waals surface area (Å²) in [5.74, 6) is -0.0893. The van der Waals surface area contributed by atoms with Crippen LogP contribution >= 0.6 is 0 Å². The van der Waals surface area contributed by atoms with Gasteiger partial charge in [0.15, 0.2) is 0 Å². The highest BCUT2D eigenvalue weighted by Crippen LogP contribution is 2.16. The third kappa shape index (κ3) is 4.01. The first-order valence-electron chi connectivity index (χ1n) is 6.63. The molecule has 0 radical (unpaired) electrons. The van der Waals surface area contributed by atoms with Crippen molar-refractivity contribution in [1.82, 2.24) is 4.90 Å². The minimum absolute atomic E-state index is 0.100. The predicted octanol–water partition coefficient (Wildman–Crippen LogP) is 1.30. The van der Waals surface area contributed by atoms with Crippen molar-refractivity contribution < 1.29 is 18.9 Å². The van der Waals surface area contributed by atoms with Gasteiger partial charge in [-0.25, -0.2) is 4.79 Å². The van der Waals surface area contributed by atoms with Crippen molar-refractivity contribution in [2.24, 2.45) is 0 Å². The van der Waals surface area contributed by atoms with Crippen LogP contribution in [0.25, 0.3) is 6.08 Å². The number of nitrogens with zero attached hydrogens (tertiary/aromatic N) is 1. The first kappa shape index (κ1) is 15.4. The van der Waals surface area contributed by atoms with E-state index in [1.54, 1.807) is 23.1 Å². The van der Waals surface area contributed by atoms with Crippen molar-refractivity contribution >= 4 is 28.8 Å². The van der Waals surface area contributed by atoms with Gasteiger partial charge in [-0.1, -0.05) is 6.07 Å². The van der Waals surface area contributed by atoms with Gasteiger partial charge in [-0.05, 0) is 36.3 Å². The topological polar surface area (TPSA) is 74.7 Å². The van der Waals surface area contributed by atoms with E-state index in [1.807, 2.05) is 6.92 Å². The van der Waals surface area contributed by atoms with Crippen LogP contribution in [0.5, 0.6) is 0 Å². The molecule has 1 heterocycles. The van der Waals surface area contributed by atoms with Crippen LogP contribution in [0.15, 0.2) is 24.3 Å². The molecule has 1 aliphatic rings. The molecule has 1 aromatic rings. The maximum Gasteiger partial charge on any atom is 0.328 e. The lowest BCUT2D eigenvalue weighted by atomic mass is 10.0. The fourth-order valence-corrected chi connectivity index (χ4v) is 3.19. The molecule has 1 amide bonds. The molecule has 0 atom stereocenters. The summed E-state index contributed by atoms with van der Waals surface area (Å²) in [5, 5.41) is 8.68. The second kappa shape index (κ2) is 6.67. The quantitative estimate of drug-likeness (QED) is 0.854. The van der Waals surface area contributed by atoms with Crippen LogP contribution in [0.2, 0.25) is 0 Å². The molecule has 0 unspecified atom stereocenters. The number of hydrogen-bond donors (Lipinski definition) is 1. The van der Waals surface area contributed by atoms with Gasteiger partial charge in [-0.15, -0.1) is 0 Å². The van der Waals surface area contributed by atoms with Crippen molar-refractivity contribution in [3.8, 4) is 0 Å². The lowest BCUT2D eigenvalue weighted by Gasteiger charge is -2.26. The molecule has 1 aliphatic heterocycles. The van der Waals surface area contributed by atoms with Crippen LogP contribution < -0.4 is 0 Å². The summed E-state index contributed by atoms with van der Waals surface area (Å²) >= 11 is 0. The Hall–Kier alpha value is -1.95. The number of aliphatic carboxylic acids is 1. The Morgan fingerprint density at radius 2 is 1.95 bits per heavy atom. The maximum atomic E-state index is 12.4. The van der Waals surface area contributed by atoms with Crippen LogP contribution in [-0.4, -0.2) is 50.7 Å². The van der Waals surface area contributed by atoms with Gasteiger partial charge in [0.1, 0.15) is 0 Å². The Morgan fingerprint density at radius 3 is 2.57 bits per heavy atom. The molecule has 2 rings (SSSR count). The standard InChI is InChI=1S/C15H17NO4S/c1-11-2-3-13(10-12(11)4-5-14(17)18)15(19)16-6-8-21(20)9-7-16/h2-5,10H,6-9H2,1H3,(H,17,18)/b5-4+. The summed E-state index contributed by atoms with van der Waals surface area (Å²) in [6.07, 6.45) is 2.54. The van der Waals surface area contributed by atoms with E-state index >= 15 is 0 Å². The highest BCUT2D eigenvalue weighted by molar-refractivity contribution is 7.85. The van der Waals surface area contributed by atoms with Gasteiger partial charge in [0, 0.05) is 47.0 Å². The van der Waals surface area contributed by atoms with E-state index in [2.05, 4.69) is 0 Å². The number of carboxylic acids is 1. The zero-order valence-corrected chi connectivity index (χ0v) is 12.6. The van der Waals surface area contributed by atoms with E-state index < -0.39 is 16.8 Å². The van der Waals surface area contributed by atoms with E-state index in [4.69, 9.17) is 5.11 Å². The van der Waals surface area contributed by atoms with Gasteiger partial charge in [0.05, 0.1) is 0 Å². The second-order valence-corrected chi connectivity index (χ2v) is 6.58. The Labute approximate surface area is 125 Å². The maximum absolute atomic E-state index is 12.4. The van der Waals surface area contributed by atoms with Crippen molar-refractivity contribution in [2.45, 2.75) is 6.92 Å². The number of hydrogen-bond acceptors (Lipinski definition) is 3. The molecule has 1 saturated heterocycles. The lowest BCUT2D eigenvalue weighted by Crippen LogP contribution is -2.41. The van der Waals surface area contributed by atoms with Gasteiger partial charge in [-0.2, -0.15) is 0 Å². The minimum Gasteiger partial charge on any atom is -0.478 e. The normalized spacial score (nSPS) is 16.3. The molecule has 0 saturated carbocycles. The van der Waals surface area contributed by atoms with E-state index in [9.17, 15) is 13.8 Å². The number of carbonyl (C=O) groups excluding carboxylic acids is 1. The first-order valence-corrected chi connectivity index (χ1v) is 8.12. The molecule has 0 spiro atoms. The molecule has 112 valence electrons. The van der Waals surface area contributed by atoms with Crippen molar-refractivity contribution in [1.29, 1.82) is 0 Å². The summed E-state index contributed by atoms with van der Waals surface area (Å²) in [7, 11) is -0.821. The number of carbonyl (C=O) groups is 2. The van der Waals surface area contributed by atoms with Crippen LogP contribution in [0, 0.1) is 6.92 Å². The molecule has 0 bridgehead atoms. The van der Waals surface area contributed by atoms with Crippen molar-refractivity contribution in [2.75, 3.05) is 24.6 Å².